The van der Waals surface area contributed by atoms with Crippen LogP contribution in [0.15, 0.2) is 28.7 Å². The summed E-state index contributed by atoms with van der Waals surface area (Å²) in [6.45, 7) is 6.13. The molecule has 1 aliphatic carbocycles. The molecule has 25 heavy (non-hydrogen) atoms. The predicted molar refractivity (Wildman–Crippen MR) is 98.1 cm³/mol. The largest absolute Gasteiger partial charge is 0.450 e. The zero-order valence-electron chi connectivity index (χ0n) is 15.0. The number of rotatable bonds is 2. The molecule has 0 amide bonds. The fourth-order valence-electron chi connectivity index (χ4n) is 4.20. The molecule has 1 nitrogen and oxygen atoms in total. The summed E-state index contributed by atoms with van der Waals surface area (Å²) in [5.74, 6) is 0.347. The molecular weight excluding hydrogens is 318 g/mol. The van der Waals surface area contributed by atoms with Gasteiger partial charge in [-0.15, -0.1) is 0 Å². The van der Waals surface area contributed by atoms with Crippen LogP contribution in [0.3, 0.4) is 0 Å². The van der Waals surface area contributed by atoms with Crippen molar-refractivity contribution in [2.75, 3.05) is 0 Å². The number of furan rings is 1. The van der Waals surface area contributed by atoms with E-state index < -0.39 is 0 Å². The third-order valence-electron chi connectivity index (χ3n) is 5.83. The van der Waals surface area contributed by atoms with Gasteiger partial charge in [0.25, 0.3) is 0 Å². The number of hydrogen-bond acceptors (Lipinski definition) is 1. The van der Waals surface area contributed by atoms with Crippen LogP contribution in [-0.2, 0) is 0 Å². The van der Waals surface area contributed by atoms with E-state index in [2.05, 4.69) is 6.92 Å². The lowest BCUT2D eigenvalue weighted by Crippen LogP contribution is -2.12. The first-order valence-electron chi connectivity index (χ1n) is 9.30. The third kappa shape index (κ3) is 2.65. The Morgan fingerprint density at radius 3 is 2.12 bits per heavy atom. The van der Waals surface area contributed by atoms with Crippen molar-refractivity contribution in [3.8, 4) is 0 Å². The molecule has 0 bridgehead atoms. The van der Waals surface area contributed by atoms with E-state index in [0.717, 1.165) is 37.2 Å². The van der Waals surface area contributed by atoms with Crippen molar-refractivity contribution in [1.29, 1.82) is 0 Å². The molecular formula is C22H24F2O. The third-order valence-corrected chi connectivity index (χ3v) is 5.83. The van der Waals surface area contributed by atoms with E-state index in [-0.39, 0.29) is 34.6 Å². The van der Waals surface area contributed by atoms with Crippen molar-refractivity contribution >= 4 is 21.9 Å². The fraction of sp³-hybridized carbons (Fsp3) is 0.455. The first-order valence-corrected chi connectivity index (χ1v) is 9.30. The SMILES string of the molecule is CC1CCC(c2ccc3c(oc4c(F)c(C(C)C)ccc43)c2F)CC1. The standard InChI is InChI=1S/C22H24F2O/c1-12(2)15-8-10-17-18-11-9-16(14-6-4-13(3)5-7-14)20(24)22(18)25-21(17)19(15)23/h8-14H,4-7H2,1-3H3. The van der Waals surface area contributed by atoms with Crippen molar-refractivity contribution < 1.29 is 13.2 Å². The van der Waals surface area contributed by atoms with Gasteiger partial charge in [0.05, 0.1) is 0 Å². The van der Waals surface area contributed by atoms with Gasteiger partial charge in [-0.1, -0.05) is 45.7 Å². The van der Waals surface area contributed by atoms with Crippen molar-refractivity contribution in [3.05, 3.63) is 47.0 Å². The summed E-state index contributed by atoms with van der Waals surface area (Å²) in [4.78, 5) is 0. The summed E-state index contributed by atoms with van der Waals surface area (Å²) >= 11 is 0. The topological polar surface area (TPSA) is 13.1 Å². The molecule has 1 aliphatic rings. The van der Waals surface area contributed by atoms with E-state index in [1.54, 1.807) is 6.07 Å². The quantitative estimate of drug-likeness (QED) is 0.477. The van der Waals surface area contributed by atoms with Gasteiger partial charge in [-0.3, -0.25) is 0 Å². The van der Waals surface area contributed by atoms with Crippen LogP contribution in [0.5, 0.6) is 0 Å². The number of benzene rings is 2. The Kier molecular flexibility index (Phi) is 4.05. The smallest absolute Gasteiger partial charge is 0.171 e. The van der Waals surface area contributed by atoms with Crippen LogP contribution in [-0.4, -0.2) is 0 Å². The van der Waals surface area contributed by atoms with Gasteiger partial charge >= 0.3 is 0 Å². The van der Waals surface area contributed by atoms with E-state index in [1.165, 1.54) is 0 Å². The summed E-state index contributed by atoms with van der Waals surface area (Å²) in [5, 5.41) is 1.31. The molecule has 132 valence electrons. The summed E-state index contributed by atoms with van der Waals surface area (Å²) in [6.07, 6.45) is 4.29. The van der Waals surface area contributed by atoms with Gasteiger partial charge in [0.2, 0.25) is 0 Å². The lowest BCUT2D eigenvalue weighted by Gasteiger charge is -2.26. The fourth-order valence-corrected chi connectivity index (χ4v) is 4.20. The van der Waals surface area contributed by atoms with Gasteiger partial charge in [0, 0.05) is 10.8 Å². The number of hydrogen-bond donors (Lipinski definition) is 0. The molecule has 0 radical (unpaired) electrons. The maximum Gasteiger partial charge on any atom is 0.171 e. The van der Waals surface area contributed by atoms with Crippen molar-refractivity contribution in [3.63, 3.8) is 0 Å². The van der Waals surface area contributed by atoms with E-state index >= 15 is 4.39 Å². The van der Waals surface area contributed by atoms with Gasteiger partial charge in [-0.05, 0) is 53.9 Å². The Morgan fingerprint density at radius 1 is 0.880 bits per heavy atom. The van der Waals surface area contributed by atoms with Gasteiger partial charge in [0.15, 0.2) is 22.8 Å². The maximum atomic E-state index is 15.2. The zero-order chi connectivity index (χ0) is 17.7. The molecule has 0 N–H and O–H groups in total. The van der Waals surface area contributed by atoms with E-state index in [4.69, 9.17) is 4.42 Å². The van der Waals surface area contributed by atoms with Crippen LogP contribution in [0.2, 0.25) is 0 Å². The molecule has 0 unspecified atom stereocenters. The lowest BCUT2D eigenvalue weighted by atomic mass is 9.79. The summed E-state index contributed by atoms with van der Waals surface area (Å²) < 4.78 is 35.6. The molecule has 1 fully saturated rings. The molecule has 2 aromatic carbocycles. The molecule has 1 aromatic heterocycles. The minimum absolute atomic E-state index is 0.0576. The average molecular weight is 342 g/mol. The van der Waals surface area contributed by atoms with E-state index in [1.807, 2.05) is 32.0 Å². The number of fused-ring (bicyclic) bond motifs is 3. The summed E-state index contributed by atoms with van der Waals surface area (Å²) in [6, 6.07) is 7.40. The zero-order valence-corrected chi connectivity index (χ0v) is 15.0. The average Bonchev–Trinajstić information content (AvgIpc) is 2.97. The highest BCUT2D eigenvalue weighted by atomic mass is 19.1. The number of halogens is 2. The molecule has 1 heterocycles. The minimum atomic E-state index is -0.365. The van der Waals surface area contributed by atoms with Crippen LogP contribution in [0, 0.1) is 17.6 Å². The highest BCUT2D eigenvalue weighted by Gasteiger charge is 2.25. The van der Waals surface area contributed by atoms with Gasteiger partial charge in [-0.25, -0.2) is 8.78 Å². The Labute approximate surface area is 147 Å². The van der Waals surface area contributed by atoms with E-state index in [0.29, 0.717) is 16.3 Å². The first-order chi connectivity index (χ1) is 12.0. The molecule has 1 saturated carbocycles. The normalized spacial score (nSPS) is 21.5. The van der Waals surface area contributed by atoms with Crippen molar-refractivity contribution in [1.82, 2.24) is 0 Å². The van der Waals surface area contributed by atoms with Crippen LogP contribution >= 0.6 is 0 Å². The van der Waals surface area contributed by atoms with Gasteiger partial charge in [0.1, 0.15) is 0 Å². The van der Waals surface area contributed by atoms with Crippen LogP contribution in [0.25, 0.3) is 21.9 Å². The molecule has 0 aliphatic heterocycles. The molecule has 3 aromatic rings. The van der Waals surface area contributed by atoms with Crippen LogP contribution < -0.4 is 0 Å². The van der Waals surface area contributed by atoms with Crippen molar-refractivity contribution in [2.45, 2.75) is 58.3 Å². The molecule has 0 atom stereocenters. The monoisotopic (exact) mass is 342 g/mol. The van der Waals surface area contributed by atoms with Gasteiger partial charge in [-0.2, -0.15) is 0 Å². The van der Waals surface area contributed by atoms with Crippen molar-refractivity contribution in [2.24, 2.45) is 5.92 Å². The molecule has 0 saturated heterocycles. The summed E-state index contributed by atoms with van der Waals surface area (Å²) in [5.41, 5.74) is 1.71. The van der Waals surface area contributed by atoms with Gasteiger partial charge < -0.3 is 4.42 Å². The van der Waals surface area contributed by atoms with E-state index in [9.17, 15) is 4.39 Å². The van der Waals surface area contributed by atoms with Crippen LogP contribution in [0.4, 0.5) is 8.78 Å². The maximum absolute atomic E-state index is 15.2. The Bertz CT molecular complexity index is 930. The molecule has 4 rings (SSSR count). The Morgan fingerprint density at radius 2 is 1.48 bits per heavy atom. The molecule has 0 spiro atoms. The van der Waals surface area contributed by atoms with Crippen LogP contribution in [0.1, 0.15) is 69.4 Å². The Hall–Kier alpha value is -1.90. The predicted octanol–water partition coefficient (Wildman–Crippen LogP) is 7.28. The highest BCUT2D eigenvalue weighted by Crippen LogP contribution is 2.41. The Balaban J connectivity index is 1.86. The second-order valence-corrected chi connectivity index (χ2v) is 7.90. The summed E-state index contributed by atoms with van der Waals surface area (Å²) in [7, 11) is 0. The second-order valence-electron chi connectivity index (χ2n) is 7.90. The minimum Gasteiger partial charge on any atom is -0.450 e. The highest BCUT2D eigenvalue weighted by molar-refractivity contribution is 6.05. The second kappa shape index (κ2) is 6.12. The first kappa shape index (κ1) is 16.6. The lowest BCUT2D eigenvalue weighted by molar-refractivity contribution is 0.342. The molecule has 3 heteroatoms.